The summed E-state index contributed by atoms with van der Waals surface area (Å²) in [7, 11) is 0. The van der Waals surface area contributed by atoms with Gasteiger partial charge in [-0.3, -0.25) is 0 Å². The average molecular weight is 324 g/mol. The summed E-state index contributed by atoms with van der Waals surface area (Å²) in [5.41, 5.74) is 2.41. The third-order valence-corrected chi connectivity index (χ3v) is 3.80. The summed E-state index contributed by atoms with van der Waals surface area (Å²) < 4.78 is 1.59. The number of nitrogens with zero attached hydrogens (tertiary/aromatic N) is 2. The van der Waals surface area contributed by atoms with Crippen LogP contribution < -0.4 is 0 Å². The van der Waals surface area contributed by atoms with Crippen LogP contribution in [0.4, 0.5) is 0 Å². The van der Waals surface area contributed by atoms with E-state index in [2.05, 4.69) is 5.10 Å². The summed E-state index contributed by atoms with van der Waals surface area (Å²) in [4.78, 5) is 0. The van der Waals surface area contributed by atoms with Crippen LogP contribution in [0.1, 0.15) is 18.2 Å². The fraction of sp³-hybridized carbons (Fsp3) is 0.250. The first-order valence-electron chi connectivity index (χ1n) is 5.36. The fourth-order valence-corrected chi connectivity index (χ4v) is 2.84. The zero-order chi connectivity index (χ0) is 13.3. The van der Waals surface area contributed by atoms with Crippen molar-refractivity contribution in [3.63, 3.8) is 0 Å². The molecule has 1 aromatic heterocycles. The van der Waals surface area contributed by atoms with Crippen LogP contribution in [-0.4, -0.2) is 9.78 Å². The summed E-state index contributed by atoms with van der Waals surface area (Å²) in [6, 6.07) is 5.18. The molecule has 2 rings (SSSR count). The molecule has 6 heteroatoms. The van der Waals surface area contributed by atoms with E-state index in [0.29, 0.717) is 26.8 Å². The number of alkyl halides is 1. The van der Waals surface area contributed by atoms with Crippen LogP contribution in [-0.2, 0) is 12.3 Å². The van der Waals surface area contributed by atoms with Gasteiger partial charge in [-0.05, 0) is 24.6 Å². The van der Waals surface area contributed by atoms with Gasteiger partial charge in [-0.1, -0.05) is 41.7 Å². The van der Waals surface area contributed by atoms with Gasteiger partial charge < -0.3 is 0 Å². The van der Waals surface area contributed by atoms with Crippen LogP contribution in [0.25, 0.3) is 5.69 Å². The molecule has 0 unspecified atom stereocenters. The van der Waals surface area contributed by atoms with Gasteiger partial charge in [-0.15, -0.1) is 11.6 Å². The third kappa shape index (κ3) is 2.48. The number of benzene rings is 1. The second-order valence-electron chi connectivity index (χ2n) is 3.71. The van der Waals surface area contributed by atoms with E-state index in [1.165, 1.54) is 0 Å². The molecule has 0 radical (unpaired) electrons. The van der Waals surface area contributed by atoms with Crippen LogP contribution in [0.2, 0.25) is 15.2 Å². The first-order valence-corrected chi connectivity index (χ1v) is 7.03. The lowest BCUT2D eigenvalue weighted by atomic mass is 10.2. The van der Waals surface area contributed by atoms with E-state index < -0.39 is 0 Å². The average Bonchev–Trinajstić information content (AvgIpc) is 2.66. The lowest BCUT2D eigenvalue weighted by Gasteiger charge is -2.06. The van der Waals surface area contributed by atoms with Crippen LogP contribution in [0.3, 0.4) is 0 Å². The second-order valence-corrected chi connectivity index (χ2v) is 5.18. The Labute approximate surface area is 125 Å². The maximum absolute atomic E-state index is 6.28. The zero-order valence-electron chi connectivity index (χ0n) is 9.55. The van der Waals surface area contributed by atoms with E-state index in [0.717, 1.165) is 17.7 Å². The Kier molecular flexibility index (Phi) is 4.44. The first-order chi connectivity index (χ1) is 8.58. The molecule has 0 atom stereocenters. The second kappa shape index (κ2) is 5.70. The molecule has 2 aromatic rings. The molecule has 1 heterocycles. The van der Waals surface area contributed by atoms with Crippen molar-refractivity contribution in [2.24, 2.45) is 0 Å². The Bertz CT molecular complexity index is 578. The largest absolute Gasteiger partial charge is 0.220 e. The molecule has 0 aliphatic rings. The predicted molar refractivity (Wildman–Crippen MR) is 77.5 cm³/mol. The highest BCUT2D eigenvalue weighted by Gasteiger charge is 2.17. The van der Waals surface area contributed by atoms with E-state index in [1.807, 2.05) is 6.92 Å². The normalized spacial score (nSPS) is 10.9. The number of aryl methyl sites for hydroxylation is 1. The first kappa shape index (κ1) is 14.0. The Balaban J connectivity index is 2.60. The topological polar surface area (TPSA) is 17.8 Å². The number of halogens is 4. The Morgan fingerprint density at radius 1 is 1.22 bits per heavy atom. The van der Waals surface area contributed by atoms with E-state index >= 15 is 0 Å². The van der Waals surface area contributed by atoms with Crippen molar-refractivity contribution >= 4 is 46.4 Å². The van der Waals surface area contributed by atoms with Crippen LogP contribution in [0, 0.1) is 0 Å². The Morgan fingerprint density at radius 2 is 1.94 bits per heavy atom. The van der Waals surface area contributed by atoms with Crippen molar-refractivity contribution < 1.29 is 0 Å². The molecule has 2 nitrogen and oxygen atoms in total. The smallest absolute Gasteiger partial charge is 0.137 e. The molecule has 18 heavy (non-hydrogen) atoms. The molecule has 0 N–H and O–H groups in total. The van der Waals surface area contributed by atoms with Crippen LogP contribution >= 0.6 is 46.4 Å². The van der Waals surface area contributed by atoms with Gasteiger partial charge in [0.05, 0.1) is 22.3 Å². The quantitative estimate of drug-likeness (QED) is 0.716. The predicted octanol–water partition coefficient (Wildman–Crippen LogP) is 5.13. The minimum absolute atomic E-state index is 0.327. The summed E-state index contributed by atoms with van der Waals surface area (Å²) in [6.07, 6.45) is 0.764. The highest BCUT2D eigenvalue weighted by Crippen LogP contribution is 2.30. The molecule has 0 spiro atoms. The monoisotopic (exact) mass is 322 g/mol. The molecule has 0 saturated carbocycles. The van der Waals surface area contributed by atoms with Gasteiger partial charge in [0.15, 0.2) is 0 Å². The van der Waals surface area contributed by atoms with Gasteiger partial charge >= 0.3 is 0 Å². The minimum Gasteiger partial charge on any atom is -0.220 e. The molecule has 0 aliphatic carbocycles. The number of rotatable bonds is 3. The van der Waals surface area contributed by atoms with E-state index in [1.54, 1.807) is 22.9 Å². The van der Waals surface area contributed by atoms with E-state index in [4.69, 9.17) is 46.4 Å². The molecular weight excluding hydrogens is 314 g/mol. The third-order valence-electron chi connectivity index (χ3n) is 2.61. The maximum atomic E-state index is 6.28. The van der Waals surface area contributed by atoms with Gasteiger partial charge in [-0.2, -0.15) is 5.10 Å². The standard InChI is InChI=1S/C12H10Cl4N2/c1-2-10-8(6-13)12(16)18(17-10)11-4-3-7(14)5-9(11)15/h3-5H,2,6H2,1H3. The SMILES string of the molecule is CCc1nn(-c2ccc(Cl)cc2Cl)c(Cl)c1CCl. The van der Waals surface area contributed by atoms with Crippen molar-refractivity contribution in [3.8, 4) is 5.69 Å². The highest BCUT2D eigenvalue weighted by molar-refractivity contribution is 6.36. The summed E-state index contributed by atoms with van der Waals surface area (Å²) >= 11 is 24.2. The van der Waals surface area contributed by atoms with Crippen molar-refractivity contribution in [2.45, 2.75) is 19.2 Å². The van der Waals surface area contributed by atoms with E-state index in [-0.39, 0.29) is 0 Å². The highest BCUT2D eigenvalue weighted by atomic mass is 35.5. The lowest BCUT2D eigenvalue weighted by Crippen LogP contribution is -1.98. The summed E-state index contributed by atoms with van der Waals surface area (Å²) in [5, 5.41) is 5.99. The number of hydrogen-bond acceptors (Lipinski definition) is 1. The molecule has 1 aromatic carbocycles. The van der Waals surface area contributed by atoms with Gasteiger partial charge in [0.25, 0.3) is 0 Å². The Hall–Kier alpha value is -0.410. The van der Waals surface area contributed by atoms with Crippen molar-refractivity contribution in [1.82, 2.24) is 9.78 Å². The van der Waals surface area contributed by atoms with Gasteiger partial charge in [0.2, 0.25) is 0 Å². The molecule has 0 amide bonds. The van der Waals surface area contributed by atoms with Crippen LogP contribution in [0.5, 0.6) is 0 Å². The van der Waals surface area contributed by atoms with Gasteiger partial charge in [-0.25, -0.2) is 4.68 Å². The molecule has 0 fully saturated rings. The fourth-order valence-electron chi connectivity index (χ4n) is 1.70. The maximum Gasteiger partial charge on any atom is 0.137 e. The zero-order valence-corrected chi connectivity index (χ0v) is 12.6. The molecule has 96 valence electrons. The lowest BCUT2D eigenvalue weighted by molar-refractivity contribution is 0.842. The van der Waals surface area contributed by atoms with E-state index in [9.17, 15) is 0 Å². The molecule has 0 aliphatic heterocycles. The van der Waals surface area contributed by atoms with Crippen molar-refractivity contribution in [2.75, 3.05) is 0 Å². The van der Waals surface area contributed by atoms with Gasteiger partial charge in [0.1, 0.15) is 5.15 Å². The molecule has 0 bridgehead atoms. The minimum atomic E-state index is 0.327. The van der Waals surface area contributed by atoms with Crippen molar-refractivity contribution in [3.05, 3.63) is 44.7 Å². The number of aromatic nitrogens is 2. The molecule has 0 saturated heterocycles. The number of hydrogen-bond donors (Lipinski definition) is 0. The van der Waals surface area contributed by atoms with Crippen molar-refractivity contribution in [1.29, 1.82) is 0 Å². The Morgan fingerprint density at radius 3 is 2.44 bits per heavy atom. The summed E-state index contributed by atoms with van der Waals surface area (Å²) in [6.45, 7) is 2.00. The summed E-state index contributed by atoms with van der Waals surface area (Å²) in [5.74, 6) is 0.327. The van der Waals surface area contributed by atoms with Crippen LogP contribution in [0.15, 0.2) is 18.2 Å². The molecular formula is C12H10Cl4N2. The van der Waals surface area contributed by atoms with Gasteiger partial charge in [0, 0.05) is 10.6 Å².